The molecule has 2 rings (SSSR count). The third kappa shape index (κ3) is 5.13. The van der Waals surface area contributed by atoms with Crippen molar-refractivity contribution in [3.63, 3.8) is 0 Å². The van der Waals surface area contributed by atoms with E-state index in [1.165, 1.54) is 34.4 Å². The predicted octanol–water partition coefficient (Wildman–Crippen LogP) is 2.14. The van der Waals surface area contributed by atoms with Gasteiger partial charge in [-0.1, -0.05) is 6.07 Å². The number of amides is 2. The van der Waals surface area contributed by atoms with E-state index in [1.54, 1.807) is 12.1 Å². The van der Waals surface area contributed by atoms with Crippen LogP contribution in [0.3, 0.4) is 0 Å². The van der Waals surface area contributed by atoms with Crippen molar-refractivity contribution >= 4 is 11.8 Å². The van der Waals surface area contributed by atoms with E-state index in [1.807, 2.05) is 0 Å². The van der Waals surface area contributed by atoms with E-state index >= 15 is 0 Å². The number of ether oxygens (including phenoxy) is 3. The van der Waals surface area contributed by atoms with Crippen molar-refractivity contribution in [2.45, 2.75) is 12.5 Å². The third-order valence-electron chi connectivity index (χ3n) is 4.18. The highest BCUT2D eigenvalue weighted by Gasteiger charge is 2.24. The Morgan fingerprint density at radius 2 is 1.59 bits per heavy atom. The molecule has 0 bridgehead atoms. The lowest BCUT2D eigenvalue weighted by molar-refractivity contribution is -0.128. The van der Waals surface area contributed by atoms with Gasteiger partial charge in [-0.05, 0) is 35.4 Å². The van der Waals surface area contributed by atoms with Crippen molar-refractivity contribution in [2.24, 2.45) is 0 Å². The summed E-state index contributed by atoms with van der Waals surface area (Å²) in [6.45, 7) is 0. The first kappa shape index (κ1) is 21.9. The molecule has 7 nitrogen and oxygen atoms in total. The smallest absolute Gasteiger partial charge is 0.246 e. The van der Waals surface area contributed by atoms with Gasteiger partial charge in [0.1, 0.15) is 6.04 Å². The third-order valence-corrected chi connectivity index (χ3v) is 4.18. The predicted molar refractivity (Wildman–Crippen MR) is 101 cm³/mol. The molecular weight excluding hydrogens is 386 g/mol. The Labute approximate surface area is 167 Å². The molecule has 29 heavy (non-hydrogen) atoms. The second-order valence-corrected chi connectivity index (χ2v) is 6.00. The quantitative estimate of drug-likeness (QED) is 0.699. The molecule has 0 aliphatic heterocycles. The number of carbonyl (C=O) groups is 2. The molecule has 156 valence electrons. The standard InChI is InChI=1S/C20H22F2N2O5/c1-23-20(26)18(12-5-6-13(21)14(22)10-12)24-17(25)9-11-7-15(27-2)19(29-4)16(8-11)28-3/h5-8,10,18H,9H2,1-4H3,(H,23,26)(H,24,25). The van der Waals surface area contributed by atoms with Gasteiger partial charge in [-0.3, -0.25) is 9.59 Å². The van der Waals surface area contributed by atoms with Gasteiger partial charge in [-0.25, -0.2) is 8.78 Å². The molecule has 0 saturated heterocycles. The van der Waals surface area contributed by atoms with E-state index in [0.717, 1.165) is 12.1 Å². The maximum atomic E-state index is 13.6. The Morgan fingerprint density at radius 1 is 0.966 bits per heavy atom. The largest absolute Gasteiger partial charge is 0.493 e. The van der Waals surface area contributed by atoms with Gasteiger partial charge in [-0.2, -0.15) is 0 Å². The van der Waals surface area contributed by atoms with Gasteiger partial charge in [0.05, 0.1) is 27.8 Å². The number of rotatable bonds is 8. The van der Waals surface area contributed by atoms with Gasteiger partial charge in [-0.15, -0.1) is 0 Å². The zero-order valence-corrected chi connectivity index (χ0v) is 16.5. The Balaban J connectivity index is 2.26. The van der Waals surface area contributed by atoms with Crippen molar-refractivity contribution in [1.82, 2.24) is 10.6 Å². The Morgan fingerprint density at radius 3 is 2.07 bits per heavy atom. The molecule has 9 heteroatoms. The zero-order valence-electron chi connectivity index (χ0n) is 16.5. The number of hydrogen-bond donors (Lipinski definition) is 2. The molecule has 0 radical (unpaired) electrons. The number of hydrogen-bond acceptors (Lipinski definition) is 5. The summed E-state index contributed by atoms with van der Waals surface area (Å²) in [6, 6.07) is 5.02. The van der Waals surface area contributed by atoms with Crippen molar-refractivity contribution in [2.75, 3.05) is 28.4 Å². The number of halogens is 2. The summed E-state index contributed by atoms with van der Waals surface area (Å²) in [6.07, 6.45) is -0.117. The summed E-state index contributed by atoms with van der Waals surface area (Å²) in [4.78, 5) is 24.7. The maximum absolute atomic E-state index is 13.6. The normalized spacial score (nSPS) is 11.4. The van der Waals surface area contributed by atoms with E-state index in [-0.39, 0.29) is 12.0 Å². The lowest BCUT2D eigenvalue weighted by Crippen LogP contribution is -2.39. The molecule has 2 N–H and O–H groups in total. The van der Waals surface area contributed by atoms with Crippen LogP contribution in [0.25, 0.3) is 0 Å². The molecule has 2 aromatic rings. The Kier molecular flexibility index (Phi) is 7.35. The van der Waals surface area contributed by atoms with Crippen LogP contribution in [0.5, 0.6) is 17.2 Å². The van der Waals surface area contributed by atoms with E-state index < -0.39 is 29.5 Å². The van der Waals surface area contributed by atoms with E-state index in [4.69, 9.17) is 14.2 Å². The first-order valence-electron chi connectivity index (χ1n) is 8.59. The van der Waals surface area contributed by atoms with Crippen LogP contribution >= 0.6 is 0 Å². The summed E-state index contributed by atoms with van der Waals surface area (Å²) >= 11 is 0. The lowest BCUT2D eigenvalue weighted by atomic mass is 10.0. The SMILES string of the molecule is CNC(=O)C(NC(=O)Cc1cc(OC)c(OC)c(OC)c1)c1ccc(F)c(F)c1. The topological polar surface area (TPSA) is 85.9 Å². The minimum absolute atomic E-state index is 0.112. The highest BCUT2D eigenvalue weighted by molar-refractivity contribution is 5.89. The molecule has 0 aliphatic carbocycles. The van der Waals surface area contributed by atoms with Crippen molar-refractivity contribution in [1.29, 1.82) is 0 Å². The van der Waals surface area contributed by atoms with E-state index in [9.17, 15) is 18.4 Å². The van der Waals surface area contributed by atoms with Crippen LogP contribution in [0.1, 0.15) is 17.2 Å². The highest BCUT2D eigenvalue weighted by atomic mass is 19.2. The molecule has 0 aliphatic rings. The Bertz CT molecular complexity index is 879. The molecule has 0 spiro atoms. The molecule has 1 atom stereocenters. The second kappa shape index (κ2) is 9.72. The number of carbonyl (C=O) groups excluding carboxylic acids is 2. The summed E-state index contributed by atoms with van der Waals surface area (Å²) in [7, 11) is 5.74. The van der Waals surface area contributed by atoms with Gasteiger partial charge in [0.2, 0.25) is 17.6 Å². The molecule has 0 aromatic heterocycles. The number of benzene rings is 2. The van der Waals surface area contributed by atoms with Gasteiger partial charge in [0, 0.05) is 7.05 Å². The Hall–Kier alpha value is -3.36. The van der Waals surface area contributed by atoms with Crippen molar-refractivity contribution in [3.8, 4) is 17.2 Å². The van der Waals surface area contributed by atoms with Crippen LogP contribution in [0.4, 0.5) is 8.78 Å². The average Bonchev–Trinajstić information content (AvgIpc) is 2.72. The van der Waals surface area contributed by atoms with Crippen LogP contribution in [0.2, 0.25) is 0 Å². The number of likely N-dealkylation sites (N-methyl/N-ethyl adjacent to an activating group) is 1. The van der Waals surface area contributed by atoms with Crippen LogP contribution in [-0.2, 0) is 16.0 Å². The van der Waals surface area contributed by atoms with Crippen LogP contribution in [0.15, 0.2) is 30.3 Å². The van der Waals surface area contributed by atoms with Crippen molar-refractivity contribution < 1.29 is 32.6 Å². The molecule has 1 unspecified atom stereocenters. The van der Waals surface area contributed by atoms with Gasteiger partial charge >= 0.3 is 0 Å². The van der Waals surface area contributed by atoms with Crippen LogP contribution in [-0.4, -0.2) is 40.2 Å². The zero-order chi connectivity index (χ0) is 21.6. The minimum atomic E-state index is -1.19. The average molecular weight is 408 g/mol. The monoisotopic (exact) mass is 408 g/mol. The first-order chi connectivity index (χ1) is 13.8. The number of methoxy groups -OCH3 is 3. The maximum Gasteiger partial charge on any atom is 0.246 e. The first-order valence-corrected chi connectivity index (χ1v) is 8.59. The summed E-state index contributed by atoms with van der Waals surface area (Å²) < 4.78 is 42.5. The molecule has 2 amide bonds. The van der Waals surface area contributed by atoms with Gasteiger partial charge in [0.15, 0.2) is 23.1 Å². The molecule has 0 heterocycles. The number of nitrogens with one attached hydrogen (secondary N) is 2. The van der Waals surface area contributed by atoms with E-state index in [0.29, 0.717) is 22.8 Å². The fraction of sp³-hybridized carbons (Fsp3) is 0.300. The lowest BCUT2D eigenvalue weighted by Gasteiger charge is -2.19. The summed E-state index contributed by atoms with van der Waals surface area (Å²) in [5, 5.41) is 4.92. The fourth-order valence-electron chi connectivity index (χ4n) is 2.77. The summed E-state index contributed by atoms with van der Waals surface area (Å²) in [5.74, 6) is -2.13. The molecule has 0 fully saturated rings. The summed E-state index contributed by atoms with van der Waals surface area (Å²) in [5.41, 5.74) is 0.652. The highest BCUT2D eigenvalue weighted by Crippen LogP contribution is 2.38. The van der Waals surface area contributed by atoms with Gasteiger partial charge < -0.3 is 24.8 Å². The van der Waals surface area contributed by atoms with Crippen molar-refractivity contribution in [3.05, 3.63) is 53.1 Å². The molecular formula is C20H22F2N2O5. The second-order valence-electron chi connectivity index (χ2n) is 6.00. The molecule has 2 aromatic carbocycles. The minimum Gasteiger partial charge on any atom is -0.493 e. The van der Waals surface area contributed by atoms with Gasteiger partial charge in [0.25, 0.3) is 0 Å². The fourth-order valence-corrected chi connectivity index (χ4v) is 2.77. The van der Waals surface area contributed by atoms with Crippen LogP contribution in [0, 0.1) is 11.6 Å². The molecule has 0 saturated carbocycles. The van der Waals surface area contributed by atoms with E-state index in [2.05, 4.69) is 10.6 Å². The van der Waals surface area contributed by atoms with Crippen LogP contribution < -0.4 is 24.8 Å².